The van der Waals surface area contributed by atoms with Crippen molar-refractivity contribution in [2.45, 2.75) is 51.7 Å². The monoisotopic (exact) mass is 214 g/mol. The highest BCUT2D eigenvalue weighted by atomic mass is 16.3. The molecule has 0 spiro atoms. The zero-order chi connectivity index (χ0) is 11.3. The molecule has 0 aromatic heterocycles. The van der Waals surface area contributed by atoms with E-state index in [9.17, 15) is 5.11 Å². The third-order valence-corrected chi connectivity index (χ3v) is 3.32. The van der Waals surface area contributed by atoms with Gasteiger partial charge in [-0.1, -0.05) is 20.3 Å². The van der Waals surface area contributed by atoms with Crippen LogP contribution in [0.2, 0.25) is 0 Å². The molecule has 3 atom stereocenters. The Hall–Kier alpha value is -0.120. The number of hydrogen-bond donors (Lipinski definition) is 3. The molecule has 0 aromatic carbocycles. The Bertz CT molecular complexity index is 173. The Balaban J connectivity index is 2.18. The molecule has 0 radical (unpaired) electrons. The summed E-state index contributed by atoms with van der Waals surface area (Å²) in [6.07, 6.45) is 4.42. The molecule has 0 saturated heterocycles. The van der Waals surface area contributed by atoms with Gasteiger partial charge in [-0.15, -0.1) is 0 Å². The van der Waals surface area contributed by atoms with Crippen LogP contribution in [0.5, 0.6) is 0 Å². The average Bonchev–Trinajstić information content (AvgIpc) is 2.60. The maximum Gasteiger partial charge on any atom is 0.0667 e. The lowest BCUT2D eigenvalue weighted by Crippen LogP contribution is -2.40. The number of aliphatic hydroxyl groups is 1. The number of hydrogen-bond acceptors (Lipinski definition) is 3. The van der Waals surface area contributed by atoms with Crippen molar-refractivity contribution in [1.29, 1.82) is 0 Å². The third kappa shape index (κ3) is 4.49. The highest BCUT2D eigenvalue weighted by Gasteiger charge is 2.25. The van der Waals surface area contributed by atoms with E-state index < -0.39 is 0 Å². The minimum atomic E-state index is -0.205. The zero-order valence-corrected chi connectivity index (χ0v) is 10.1. The lowest BCUT2D eigenvalue weighted by Gasteiger charge is -2.22. The summed E-state index contributed by atoms with van der Waals surface area (Å²) in [6.45, 7) is 5.78. The van der Waals surface area contributed by atoms with Crippen LogP contribution in [-0.2, 0) is 0 Å². The summed E-state index contributed by atoms with van der Waals surface area (Å²) in [7, 11) is 0. The van der Waals surface area contributed by atoms with Crippen LogP contribution in [0, 0.1) is 11.8 Å². The predicted molar refractivity (Wildman–Crippen MR) is 63.6 cm³/mol. The van der Waals surface area contributed by atoms with E-state index in [0.717, 1.165) is 19.5 Å². The van der Waals surface area contributed by atoms with Crippen molar-refractivity contribution in [2.24, 2.45) is 17.6 Å². The molecule has 0 aromatic rings. The number of nitrogens with two attached hydrogens (primary N) is 1. The second-order valence-corrected chi connectivity index (χ2v) is 5.22. The van der Waals surface area contributed by atoms with Crippen LogP contribution in [-0.4, -0.2) is 30.3 Å². The Labute approximate surface area is 93.4 Å². The Morgan fingerprint density at radius 1 is 1.40 bits per heavy atom. The van der Waals surface area contributed by atoms with Crippen molar-refractivity contribution in [2.75, 3.05) is 13.1 Å². The molecule has 0 aliphatic heterocycles. The van der Waals surface area contributed by atoms with Gasteiger partial charge in [-0.05, 0) is 37.6 Å². The van der Waals surface area contributed by atoms with Crippen LogP contribution in [0.3, 0.4) is 0 Å². The molecule has 1 aliphatic carbocycles. The van der Waals surface area contributed by atoms with Gasteiger partial charge in [0.05, 0.1) is 6.10 Å². The van der Waals surface area contributed by atoms with Crippen molar-refractivity contribution >= 4 is 0 Å². The zero-order valence-electron chi connectivity index (χ0n) is 10.1. The maximum atomic E-state index is 9.75. The first-order chi connectivity index (χ1) is 7.13. The smallest absolute Gasteiger partial charge is 0.0667 e. The molecular formula is C12H26N2O. The van der Waals surface area contributed by atoms with Gasteiger partial charge in [-0.3, -0.25) is 0 Å². The van der Waals surface area contributed by atoms with Gasteiger partial charge in [0.1, 0.15) is 0 Å². The summed E-state index contributed by atoms with van der Waals surface area (Å²) in [5.74, 6) is 1.19. The van der Waals surface area contributed by atoms with Gasteiger partial charge in [0.2, 0.25) is 0 Å². The van der Waals surface area contributed by atoms with E-state index in [2.05, 4.69) is 19.2 Å². The summed E-state index contributed by atoms with van der Waals surface area (Å²) < 4.78 is 0. The predicted octanol–water partition coefficient (Wildman–Crippen LogP) is 1.11. The third-order valence-electron chi connectivity index (χ3n) is 3.32. The minimum Gasteiger partial charge on any atom is -0.392 e. The molecule has 3 nitrogen and oxygen atoms in total. The number of nitrogens with one attached hydrogen (secondary N) is 1. The fourth-order valence-electron chi connectivity index (χ4n) is 2.50. The van der Waals surface area contributed by atoms with Crippen LogP contribution >= 0.6 is 0 Å². The van der Waals surface area contributed by atoms with E-state index in [4.69, 9.17) is 5.73 Å². The van der Waals surface area contributed by atoms with E-state index in [0.29, 0.717) is 17.9 Å². The van der Waals surface area contributed by atoms with Gasteiger partial charge in [-0.2, -0.15) is 0 Å². The summed E-state index contributed by atoms with van der Waals surface area (Å²) in [4.78, 5) is 0. The Morgan fingerprint density at radius 2 is 2.13 bits per heavy atom. The quantitative estimate of drug-likeness (QED) is 0.621. The van der Waals surface area contributed by atoms with Crippen LogP contribution in [0.4, 0.5) is 0 Å². The second kappa shape index (κ2) is 6.46. The normalized spacial score (nSPS) is 28.6. The number of aliphatic hydroxyl groups excluding tert-OH is 1. The molecule has 1 saturated carbocycles. The Morgan fingerprint density at radius 3 is 2.73 bits per heavy atom. The van der Waals surface area contributed by atoms with Crippen LogP contribution in [0.1, 0.15) is 39.5 Å². The van der Waals surface area contributed by atoms with Gasteiger partial charge in [0.15, 0.2) is 0 Å². The van der Waals surface area contributed by atoms with Crippen molar-refractivity contribution < 1.29 is 5.11 Å². The van der Waals surface area contributed by atoms with Gasteiger partial charge < -0.3 is 16.2 Å². The lowest BCUT2D eigenvalue weighted by molar-refractivity contribution is 0.140. The first-order valence-electron chi connectivity index (χ1n) is 6.25. The van der Waals surface area contributed by atoms with E-state index in [1.54, 1.807) is 0 Å². The molecule has 1 aliphatic rings. The van der Waals surface area contributed by atoms with E-state index in [-0.39, 0.29) is 6.10 Å². The van der Waals surface area contributed by atoms with Crippen molar-refractivity contribution in [1.82, 2.24) is 5.32 Å². The molecule has 0 amide bonds. The van der Waals surface area contributed by atoms with Crippen LogP contribution in [0.25, 0.3) is 0 Å². The lowest BCUT2D eigenvalue weighted by atomic mass is 10.0. The van der Waals surface area contributed by atoms with Crippen molar-refractivity contribution in [3.05, 3.63) is 0 Å². The molecule has 1 rings (SSSR count). The van der Waals surface area contributed by atoms with Crippen LogP contribution < -0.4 is 11.1 Å². The fourth-order valence-corrected chi connectivity index (χ4v) is 2.50. The summed E-state index contributed by atoms with van der Waals surface area (Å²) in [6, 6.07) is 0.539. The molecule has 3 heteroatoms. The average molecular weight is 214 g/mol. The molecule has 90 valence electrons. The van der Waals surface area contributed by atoms with Crippen molar-refractivity contribution in [3.63, 3.8) is 0 Å². The topological polar surface area (TPSA) is 58.3 Å². The molecule has 0 heterocycles. The second-order valence-electron chi connectivity index (χ2n) is 5.22. The van der Waals surface area contributed by atoms with Gasteiger partial charge in [-0.25, -0.2) is 0 Å². The first kappa shape index (κ1) is 12.9. The van der Waals surface area contributed by atoms with E-state index in [1.165, 1.54) is 19.3 Å². The number of rotatable bonds is 6. The van der Waals surface area contributed by atoms with E-state index in [1.807, 2.05) is 0 Å². The molecular weight excluding hydrogens is 188 g/mol. The van der Waals surface area contributed by atoms with Crippen molar-refractivity contribution in [3.8, 4) is 0 Å². The highest BCUT2D eigenvalue weighted by molar-refractivity contribution is 4.84. The largest absolute Gasteiger partial charge is 0.392 e. The molecule has 3 unspecified atom stereocenters. The fraction of sp³-hybridized carbons (Fsp3) is 1.00. The highest BCUT2D eigenvalue weighted by Crippen LogP contribution is 2.24. The SMILES string of the molecule is CC(C)CC(O)CNC1CCCC1CN. The minimum absolute atomic E-state index is 0.205. The van der Waals surface area contributed by atoms with Gasteiger partial charge in [0, 0.05) is 12.6 Å². The summed E-state index contributed by atoms with van der Waals surface area (Å²) in [5.41, 5.74) is 5.71. The molecule has 0 bridgehead atoms. The van der Waals surface area contributed by atoms with Crippen LogP contribution in [0.15, 0.2) is 0 Å². The summed E-state index contributed by atoms with van der Waals surface area (Å²) >= 11 is 0. The van der Waals surface area contributed by atoms with Gasteiger partial charge >= 0.3 is 0 Å². The Kier molecular flexibility index (Phi) is 5.58. The standard InChI is InChI=1S/C12H26N2O/c1-9(2)6-11(15)8-14-12-5-3-4-10(12)7-13/h9-12,14-15H,3-8,13H2,1-2H3. The van der Waals surface area contributed by atoms with E-state index >= 15 is 0 Å². The molecule has 15 heavy (non-hydrogen) atoms. The maximum absolute atomic E-state index is 9.75. The molecule has 4 N–H and O–H groups in total. The first-order valence-corrected chi connectivity index (χ1v) is 6.25. The molecule has 1 fully saturated rings. The summed E-state index contributed by atoms with van der Waals surface area (Å²) in [5, 5.41) is 13.2. The van der Waals surface area contributed by atoms with Gasteiger partial charge in [0.25, 0.3) is 0 Å².